The second-order valence-electron chi connectivity index (χ2n) is 5.29. The lowest BCUT2D eigenvalue weighted by molar-refractivity contribution is -0.132. The number of aliphatic hydroxyl groups is 1. The van der Waals surface area contributed by atoms with Crippen molar-refractivity contribution in [3.63, 3.8) is 0 Å². The van der Waals surface area contributed by atoms with Crippen LogP contribution in [0, 0.1) is 5.41 Å². The van der Waals surface area contributed by atoms with E-state index in [1.807, 2.05) is 0 Å². The van der Waals surface area contributed by atoms with Crippen LogP contribution in [0.1, 0.15) is 51.9 Å². The van der Waals surface area contributed by atoms with Crippen LogP contribution < -0.4 is 11.1 Å². The zero-order valence-electron chi connectivity index (χ0n) is 10.9. The van der Waals surface area contributed by atoms with Crippen molar-refractivity contribution in [2.45, 2.75) is 58.0 Å². The van der Waals surface area contributed by atoms with Gasteiger partial charge < -0.3 is 16.2 Å². The summed E-state index contributed by atoms with van der Waals surface area (Å²) in [4.78, 5) is 12.1. The lowest BCUT2D eigenvalue weighted by atomic mass is 9.73. The van der Waals surface area contributed by atoms with Gasteiger partial charge in [-0.25, -0.2) is 0 Å². The van der Waals surface area contributed by atoms with Gasteiger partial charge in [0.05, 0.1) is 11.5 Å². The maximum atomic E-state index is 12.1. The van der Waals surface area contributed by atoms with Gasteiger partial charge in [-0.3, -0.25) is 4.79 Å². The van der Waals surface area contributed by atoms with Crippen LogP contribution in [0.5, 0.6) is 0 Å². The first-order valence-electron chi connectivity index (χ1n) is 6.77. The molecule has 0 aromatic carbocycles. The van der Waals surface area contributed by atoms with Gasteiger partial charge in [0.15, 0.2) is 0 Å². The van der Waals surface area contributed by atoms with Gasteiger partial charge in [-0.1, -0.05) is 19.3 Å². The molecule has 1 unspecified atom stereocenters. The number of carbonyl (C=O) groups is 1. The molecule has 0 radical (unpaired) electrons. The minimum Gasteiger partial charge on any atom is -0.393 e. The van der Waals surface area contributed by atoms with Crippen molar-refractivity contribution in [3.8, 4) is 0 Å². The Morgan fingerprint density at radius 1 is 1.41 bits per heavy atom. The number of aliphatic hydroxyl groups excluding tert-OH is 1. The Bertz CT molecular complexity index is 236. The molecule has 0 aromatic heterocycles. The number of nitrogens with one attached hydrogen (secondary N) is 1. The Morgan fingerprint density at radius 3 is 2.59 bits per heavy atom. The smallest absolute Gasteiger partial charge is 0.227 e. The molecule has 1 rings (SSSR count). The number of nitrogens with two attached hydrogens (primary N) is 1. The molecule has 100 valence electrons. The summed E-state index contributed by atoms with van der Waals surface area (Å²) in [5.41, 5.74) is 5.47. The molecule has 0 spiro atoms. The fourth-order valence-corrected chi connectivity index (χ4v) is 2.54. The van der Waals surface area contributed by atoms with E-state index >= 15 is 0 Å². The van der Waals surface area contributed by atoms with Gasteiger partial charge in [0.25, 0.3) is 0 Å². The topological polar surface area (TPSA) is 75.3 Å². The first-order chi connectivity index (χ1) is 8.10. The van der Waals surface area contributed by atoms with Crippen LogP contribution >= 0.6 is 0 Å². The monoisotopic (exact) mass is 242 g/mol. The molecule has 1 aliphatic rings. The van der Waals surface area contributed by atoms with E-state index in [0.717, 1.165) is 38.5 Å². The van der Waals surface area contributed by atoms with Gasteiger partial charge >= 0.3 is 0 Å². The van der Waals surface area contributed by atoms with Crippen molar-refractivity contribution in [3.05, 3.63) is 0 Å². The third kappa shape index (κ3) is 4.28. The van der Waals surface area contributed by atoms with E-state index in [2.05, 4.69) is 5.32 Å². The molecule has 0 bridgehead atoms. The van der Waals surface area contributed by atoms with E-state index < -0.39 is 0 Å². The lowest BCUT2D eigenvalue weighted by Gasteiger charge is -2.34. The number of hydrogen-bond donors (Lipinski definition) is 3. The molecule has 1 fully saturated rings. The van der Waals surface area contributed by atoms with E-state index in [1.165, 1.54) is 6.42 Å². The molecule has 1 aliphatic carbocycles. The average molecular weight is 242 g/mol. The fourth-order valence-electron chi connectivity index (χ4n) is 2.54. The largest absolute Gasteiger partial charge is 0.393 e. The fraction of sp³-hybridized carbons (Fsp3) is 0.923. The van der Waals surface area contributed by atoms with E-state index in [0.29, 0.717) is 13.1 Å². The summed E-state index contributed by atoms with van der Waals surface area (Å²) >= 11 is 0. The highest BCUT2D eigenvalue weighted by Gasteiger charge is 2.37. The van der Waals surface area contributed by atoms with Crippen molar-refractivity contribution >= 4 is 5.91 Å². The van der Waals surface area contributed by atoms with E-state index in [-0.39, 0.29) is 17.4 Å². The predicted molar refractivity (Wildman–Crippen MR) is 68.5 cm³/mol. The van der Waals surface area contributed by atoms with Crippen LogP contribution in [-0.4, -0.2) is 30.2 Å². The highest BCUT2D eigenvalue weighted by molar-refractivity contribution is 5.82. The van der Waals surface area contributed by atoms with Crippen molar-refractivity contribution in [2.75, 3.05) is 13.1 Å². The second-order valence-corrected chi connectivity index (χ2v) is 5.29. The highest BCUT2D eigenvalue weighted by atomic mass is 16.3. The maximum absolute atomic E-state index is 12.1. The van der Waals surface area contributed by atoms with Gasteiger partial charge in [-0.2, -0.15) is 0 Å². The molecule has 0 saturated heterocycles. The van der Waals surface area contributed by atoms with Gasteiger partial charge in [0.1, 0.15) is 0 Å². The third-order valence-electron chi connectivity index (χ3n) is 3.77. The Labute approximate surface area is 104 Å². The van der Waals surface area contributed by atoms with Crippen LogP contribution in [0.25, 0.3) is 0 Å². The van der Waals surface area contributed by atoms with E-state index in [9.17, 15) is 4.79 Å². The SMILES string of the molecule is CC(O)CCCNC(=O)C1(CN)CCCCC1. The molecule has 4 N–H and O–H groups in total. The van der Waals surface area contributed by atoms with Gasteiger partial charge in [0, 0.05) is 13.1 Å². The molecule has 0 heterocycles. The van der Waals surface area contributed by atoms with Crippen LogP contribution in [0.4, 0.5) is 0 Å². The minimum atomic E-state index is -0.316. The normalized spacial score (nSPS) is 20.9. The molecule has 1 amide bonds. The number of rotatable bonds is 6. The van der Waals surface area contributed by atoms with Gasteiger partial charge in [0.2, 0.25) is 5.91 Å². The minimum absolute atomic E-state index is 0.116. The number of hydrogen-bond acceptors (Lipinski definition) is 3. The first kappa shape index (κ1) is 14.5. The zero-order valence-corrected chi connectivity index (χ0v) is 10.9. The molecule has 0 aliphatic heterocycles. The summed E-state index contributed by atoms with van der Waals surface area (Å²) in [6.45, 7) is 2.87. The third-order valence-corrected chi connectivity index (χ3v) is 3.77. The number of carbonyl (C=O) groups excluding carboxylic acids is 1. The Morgan fingerprint density at radius 2 is 2.06 bits per heavy atom. The van der Waals surface area contributed by atoms with Crippen molar-refractivity contribution in [1.29, 1.82) is 0 Å². The number of amides is 1. The molecule has 4 heteroatoms. The quantitative estimate of drug-likeness (QED) is 0.612. The van der Waals surface area contributed by atoms with E-state index in [1.54, 1.807) is 6.92 Å². The lowest BCUT2D eigenvalue weighted by Crippen LogP contribution is -2.47. The maximum Gasteiger partial charge on any atom is 0.227 e. The zero-order chi connectivity index (χ0) is 12.7. The van der Waals surface area contributed by atoms with E-state index in [4.69, 9.17) is 10.8 Å². The molecular formula is C13H26N2O2. The van der Waals surface area contributed by atoms with Gasteiger partial charge in [-0.05, 0) is 32.6 Å². The first-order valence-corrected chi connectivity index (χ1v) is 6.77. The molecule has 0 aromatic rings. The summed E-state index contributed by atoms with van der Waals surface area (Å²) < 4.78 is 0. The second kappa shape index (κ2) is 6.97. The Kier molecular flexibility index (Phi) is 5.92. The van der Waals surface area contributed by atoms with Crippen LogP contribution in [0.15, 0.2) is 0 Å². The summed E-state index contributed by atoms with van der Waals surface area (Å²) in [6, 6.07) is 0. The molecule has 4 nitrogen and oxygen atoms in total. The van der Waals surface area contributed by atoms with Crippen LogP contribution in [0.2, 0.25) is 0 Å². The standard InChI is InChI=1S/C13H26N2O2/c1-11(16)6-5-9-15-12(17)13(10-14)7-3-2-4-8-13/h11,16H,2-10,14H2,1H3,(H,15,17). The highest BCUT2D eigenvalue weighted by Crippen LogP contribution is 2.35. The molecule has 1 saturated carbocycles. The summed E-state index contributed by atoms with van der Waals surface area (Å²) in [5, 5.41) is 12.1. The molecule has 1 atom stereocenters. The van der Waals surface area contributed by atoms with Crippen molar-refractivity contribution in [1.82, 2.24) is 5.32 Å². The Balaban J connectivity index is 2.33. The van der Waals surface area contributed by atoms with Crippen molar-refractivity contribution in [2.24, 2.45) is 11.1 Å². The molecule has 17 heavy (non-hydrogen) atoms. The Hall–Kier alpha value is -0.610. The summed E-state index contributed by atoms with van der Waals surface area (Å²) in [7, 11) is 0. The van der Waals surface area contributed by atoms with Crippen LogP contribution in [-0.2, 0) is 4.79 Å². The van der Waals surface area contributed by atoms with Crippen LogP contribution in [0.3, 0.4) is 0 Å². The summed E-state index contributed by atoms with van der Waals surface area (Å²) in [5.74, 6) is 0.116. The average Bonchev–Trinajstić information content (AvgIpc) is 2.35. The van der Waals surface area contributed by atoms with Crippen molar-refractivity contribution < 1.29 is 9.90 Å². The van der Waals surface area contributed by atoms with Gasteiger partial charge in [-0.15, -0.1) is 0 Å². The predicted octanol–water partition coefficient (Wildman–Crippen LogP) is 1.17. The summed E-state index contributed by atoms with van der Waals surface area (Å²) in [6.07, 6.45) is 6.55. The molecular weight excluding hydrogens is 216 g/mol.